The summed E-state index contributed by atoms with van der Waals surface area (Å²) in [6.07, 6.45) is 1.43. The van der Waals surface area contributed by atoms with Gasteiger partial charge in [0.25, 0.3) is 6.01 Å². The Morgan fingerprint density at radius 3 is 2.36 bits per heavy atom. The van der Waals surface area contributed by atoms with E-state index in [0.717, 1.165) is 23.9 Å². The fraction of sp³-hybridized carbons (Fsp3) is 0.500. The van der Waals surface area contributed by atoms with E-state index in [2.05, 4.69) is 15.0 Å². The molecule has 5 rings (SSSR count). The first-order valence-electron chi connectivity index (χ1n) is 11.2. The van der Waals surface area contributed by atoms with Gasteiger partial charge in [0.2, 0.25) is 15.9 Å². The summed E-state index contributed by atoms with van der Waals surface area (Å²) in [4.78, 5) is 21.7. The number of aromatic nitrogens is 2. The van der Waals surface area contributed by atoms with Crippen molar-refractivity contribution in [2.24, 2.45) is 5.92 Å². The van der Waals surface area contributed by atoms with E-state index in [1.807, 2.05) is 24.3 Å². The van der Waals surface area contributed by atoms with Crippen LogP contribution in [0.3, 0.4) is 0 Å². The third-order valence-corrected chi connectivity index (χ3v) is 8.66. The molecule has 0 atom stereocenters. The second-order valence-electron chi connectivity index (χ2n) is 8.61. The van der Waals surface area contributed by atoms with Crippen molar-refractivity contribution in [1.29, 1.82) is 0 Å². The smallest absolute Gasteiger partial charge is 0.298 e. The molecule has 2 aliphatic rings. The van der Waals surface area contributed by atoms with Gasteiger partial charge in [0.15, 0.2) is 11.3 Å². The molecule has 0 saturated carbocycles. The fourth-order valence-electron chi connectivity index (χ4n) is 4.69. The number of carbonyl (C=O) groups excluding carboxylic acids is 1. The highest BCUT2D eigenvalue weighted by Gasteiger charge is 2.36. The van der Waals surface area contributed by atoms with Crippen LogP contribution in [-0.4, -0.2) is 72.9 Å². The lowest BCUT2D eigenvalue weighted by molar-refractivity contribution is -0.137. The van der Waals surface area contributed by atoms with Crippen molar-refractivity contribution in [3.63, 3.8) is 0 Å². The Bertz CT molecular complexity index is 1210. The number of fused-ring (bicyclic) bond motifs is 1. The van der Waals surface area contributed by atoms with Crippen LogP contribution < -0.4 is 4.90 Å². The molecule has 2 aliphatic heterocycles. The van der Waals surface area contributed by atoms with Gasteiger partial charge < -0.3 is 18.7 Å². The number of benzene rings is 1. The van der Waals surface area contributed by atoms with Crippen molar-refractivity contribution in [3.05, 3.63) is 35.7 Å². The van der Waals surface area contributed by atoms with Gasteiger partial charge in [-0.25, -0.2) is 8.42 Å². The van der Waals surface area contributed by atoms with Crippen LogP contribution in [0.25, 0.3) is 11.1 Å². The quantitative estimate of drug-likeness (QED) is 0.567. The normalized spacial score (nSPS) is 18.8. The Balaban J connectivity index is 1.17. The summed E-state index contributed by atoms with van der Waals surface area (Å²) in [5, 5.41) is 3.76. The lowest BCUT2D eigenvalue weighted by atomic mass is 9.95. The van der Waals surface area contributed by atoms with Gasteiger partial charge in [-0.3, -0.25) is 4.79 Å². The van der Waals surface area contributed by atoms with Gasteiger partial charge >= 0.3 is 0 Å². The van der Waals surface area contributed by atoms with Crippen LogP contribution in [0.2, 0.25) is 0 Å². The predicted octanol–water partition coefficient (Wildman–Crippen LogP) is 2.18. The van der Waals surface area contributed by atoms with E-state index < -0.39 is 10.0 Å². The fourth-order valence-corrected chi connectivity index (χ4v) is 6.41. The topological polar surface area (TPSA) is 113 Å². The number of aryl methyl sites for hydroxylation is 2. The van der Waals surface area contributed by atoms with E-state index in [1.54, 1.807) is 18.7 Å². The highest BCUT2D eigenvalue weighted by Crippen LogP contribution is 2.28. The van der Waals surface area contributed by atoms with E-state index in [1.165, 1.54) is 4.31 Å². The Labute approximate surface area is 192 Å². The molecule has 3 aromatic rings. The van der Waals surface area contributed by atoms with Gasteiger partial charge in [-0.2, -0.15) is 9.29 Å². The molecule has 0 radical (unpaired) electrons. The summed E-state index contributed by atoms with van der Waals surface area (Å²) < 4.78 is 38.3. The minimum Gasteiger partial charge on any atom is -0.423 e. The standard InChI is InChI=1S/C22H27N5O5S/c1-15-20(16(2)32-24-15)33(29,30)27-13-11-25(12-14-27)21(28)17-7-9-26(10-8-17)22-23-18-5-3-4-6-19(18)31-22/h3-6,17H,7-14H2,1-2H3. The summed E-state index contributed by atoms with van der Waals surface area (Å²) in [5.41, 5.74) is 1.95. The van der Waals surface area contributed by atoms with Crippen LogP contribution in [0, 0.1) is 19.8 Å². The van der Waals surface area contributed by atoms with Crippen LogP contribution in [0.15, 0.2) is 38.1 Å². The van der Waals surface area contributed by atoms with Gasteiger partial charge in [-0.05, 0) is 38.8 Å². The zero-order valence-electron chi connectivity index (χ0n) is 18.7. The van der Waals surface area contributed by atoms with Crippen molar-refractivity contribution in [1.82, 2.24) is 19.3 Å². The maximum absolute atomic E-state index is 13.1. The second kappa shape index (κ2) is 8.45. The molecule has 2 saturated heterocycles. The van der Waals surface area contributed by atoms with Crippen LogP contribution in [-0.2, 0) is 14.8 Å². The molecule has 0 unspecified atom stereocenters. The van der Waals surface area contributed by atoms with Crippen molar-refractivity contribution < 1.29 is 22.2 Å². The first kappa shape index (κ1) is 21.9. The zero-order chi connectivity index (χ0) is 23.2. The van der Waals surface area contributed by atoms with Crippen LogP contribution >= 0.6 is 0 Å². The van der Waals surface area contributed by atoms with E-state index in [0.29, 0.717) is 37.9 Å². The average molecular weight is 474 g/mol. The lowest BCUT2D eigenvalue weighted by Crippen LogP contribution is -2.53. The van der Waals surface area contributed by atoms with Gasteiger partial charge in [0.1, 0.15) is 16.1 Å². The zero-order valence-corrected chi connectivity index (χ0v) is 19.5. The lowest BCUT2D eigenvalue weighted by Gasteiger charge is -2.37. The van der Waals surface area contributed by atoms with Gasteiger partial charge in [-0.15, -0.1) is 0 Å². The molecular weight excluding hydrogens is 446 g/mol. The summed E-state index contributed by atoms with van der Waals surface area (Å²) in [6, 6.07) is 8.26. The van der Waals surface area contributed by atoms with Gasteiger partial charge in [0, 0.05) is 45.2 Å². The number of piperidine rings is 1. The Morgan fingerprint density at radius 1 is 1.03 bits per heavy atom. The number of para-hydroxylation sites is 2. The molecule has 0 aliphatic carbocycles. The molecule has 0 N–H and O–H groups in total. The molecule has 1 aromatic carbocycles. The van der Waals surface area contributed by atoms with E-state index >= 15 is 0 Å². The first-order chi connectivity index (χ1) is 15.8. The Morgan fingerprint density at radius 2 is 1.73 bits per heavy atom. The van der Waals surface area contributed by atoms with Crippen LogP contribution in [0.1, 0.15) is 24.3 Å². The number of rotatable bonds is 4. The number of anilines is 1. The molecule has 0 spiro atoms. The SMILES string of the molecule is Cc1noc(C)c1S(=O)(=O)N1CCN(C(=O)C2CCN(c3nc4ccccc4o3)CC2)CC1. The third kappa shape index (κ3) is 3.99. The molecule has 1 amide bonds. The number of nitrogens with zero attached hydrogens (tertiary/aromatic N) is 5. The first-order valence-corrected chi connectivity index (χ1v) is 12.6. The summed E-state index contributed by atoms with van der Waals surface area (Å²) in [5.74, 6) is 0.314. The van der Waals surface area contributed by atoms with E-state index in [-0.39, 0.29) is 35.6 Å². The van der Waals surface area contributed by atoms with Crippen molar-refractivity contribution in [2.45, 2.75) is 31.6 Å². The number of carbonyl (C=O) groups is 1. The highest BCUT2D eigenvalue weighted by molar-refractivity contribution is 7.89. The van der Waals surface area contributed by atoms with Crippen LogP contribution in [0.4, 0.5) is 6.01 Å². The predicted molar refractivity (Wildman–Crippen MR) is 120 cm³/mol. The summed E-state index contributed by atoms with van der Waals surface area (Å²) in [7, 11) is -3.69. The summed E-state index contributed by atoms with van der Waals surface area (Å²) >= 11 is 0. The van der Waals surface area contributed by atoms with Crippen LogP contribution in [0.5, 0.6) is 0 Å². The van der Waals surface area contributed by atoms with E-state index in [4.69, 9.17) is 8.94 Å². The highest BCUT2D eigenvalue weighted by atomic mass is 32.2. The number of piperazine rings is 1. The molecule has 33 heavy (non-hydrogen) atoms. The number of sulfonamides is 1. The molecule has 2 fully saturated rings. The third-order valence-electron chi connectivity index (χ3n) is 6.51. The minimum absolute atomic E-state index is 0.0728. The molecular formula is C22H27N5O5S. The molecule has 0 bridgehead atoms. The number of hydrogen-bond donors (Lipinski definition) is 0. The second-order valence-corrected chi connectivity index (χ2v) is 10.5. The largest absolute Gasteiger partial charge is 0.423 e. The Kier molecular flexibility index (Phi) is 5.61. The number of oxazole rings is 1. The minimum atomic E-state index is -3.69. The monoisotopic (exact) mass is 473 g/mol. The molecule has 11 heteroatoms. The number of amides is 1. The molecule has 2 aromatic heterocycles. The molecule has 176 valence electrons. The maximum Gasteiger partial charge on any atom is 0.298 e. The maximum atomic E-state index is 13.1. The summed E-state index contributed by atoms with van der Waals surface area (Å²) in [6.45, 7) is 5.91. The van der Waals surface area contributed by atoms with Crippen molar-refractivity contribution in [2.75, 3.05) is 44.2 Å². The average Bonchev–Trinajstić information content (AvgIpc) is 3.41. The van der Waals surface area contributed by atoms with Gasteiger partial charge in [-0.1, -0.05) is 17.3 Å². The van der Waals surface area contributed by atoms with E-state index in [9.17, 15) is 13.2 Å². The van der Waals surface area contributed by atoms with Crippen molar-refractivity contribution in [3.8, 4) is 0 Å². The molecule has 10 nitrogen and oxygen atoms in total. The number of hydrogen-bond acceptors (Lipinski definition) is 8. The Hall–Kier alpha value is -2.92. The van der Waals surface area contributed by atoms with Crippen molar-refractivity contribution >= 4 is 33.0 Å². The molecule has 4 heterocycles. The van der Waals surface area contributed by atoms with Gasteiger partial charge in [0.05, 0.1) is 0 Å².